The number of hydrogen-bond donors (Lipinski definition) is 0. The summed E-state index contributed by atoms with van der Waals surface area (Å²) in [5, 5.41) is 0.476. The fourth-order valence-corrected chi connectivity index (χ4v) is 2.53. The van der Waals surface area contributed by atoms with E-state index in [9.17, 15) is 22.8 Å². The van der Waals surface area contributed by atoms with Crippen molar-refractivity contribution in [3.63, 3.8) is 0 Å². The highest BCUT2D eigenvalue weighted by atomic mass is 35.5. The van der Waals surface area contributed by atoms with E-state index in [0.29, 0.717) is 28.3 Å². The van der Waals surface area contributed by atoms with Crippen LogP contribution in [0.2, 0.25) is 5.02 Å². The SMILES string of the molecule is O=C(c1ccc(Cl)cc1)C1CCCN(C(=O)C(F)(F)F)C1. The van der Waals surface area contributed by atoms with Crippen molar-refractivity contribution in [2.75, 3.05) is 13.1 Å². The topological polar surface area (TPSA) is 37.4 Å². The molecule has 1 aromatic rings. The zero-order valence-corrected chi connectivity index (χ0v) is 11.7. The molecule has 1 unspecified atom stereocenters. The molecule has 1 heterocycles. The van der Waals surface area contributed by atoms with Crippen LogP contribution in [0.25, 0.3) is 0 Å². The number of piperidine rings is 1. The van der Waals surface area contributed by atoms with Gasteiger partial charge in [-0.3, -0.25) is 9.59 Å². The lowest BCUT2D eigenvalue weighted by molar-refractivity contribution is -0.186. The second-order valence-electron chi connectivity index (χ2n) is 4.96. The summed E-state index contributed by atoms with van der Waals surface area (Å²) in [5.41, 5.74) is 0.394. The Hall–Kier alpha value is -1.56. The first-order valence-electron chi connectivity index (χ1n) is 6.45. The number of ketones is 1. The Balaban J connectivity index is 2.09. The number of hydrogen-bond acceptors (Lipinski definition) is 2. The molecule has 0 radical (unpaired) electrons. The lowest BCUT2D eigenvalue weighted by atomic mass is 9.90. The number of benzene rings is 1. The average Bonchev–Trinajstić information content (AvgIpc) is 2.45. The monoisotopic (exact) mass is 319 g/mol. The van der Waals surface area contributed by atoms with E-state index < -0.39 is 18.0 Å². The van der Waals surface area contributed by atoms with E-state index in [1.165, 1.54) is 12.1 Å². The molecular weight excluding hydrogens is 307 g/mol. The smallest absolute Gasteiger partial charge is 0.334 e. The van der Waals surface area contributed by atoms with E-state index in [4.69, 9.17) is 11.6 Å². The number of likely N-dealkylation sites (tertiary alicyclic amines) is 1. The molecule has 1 saturated heterocycles. The molecule has 3 nitrogen and oxygen atoms in total. The van der Waals surface area contributed by atoms with Gasteiger partial charge in [0.05, 0.1) is 0 Å². The first-order chi connectivity index (χ1) is 9.79. The molecule has 21 heavy (non-hydrogen) atoms. The van der Waals surface area contributed by atoms with Crippen LogP contribution in [0.3, 0.4) is 0 Å². The predicted octanol–water partition coefficient (Wildman–Crippen LogP) is 3.32. The van der Waals surface area contributed by atoms with Gasteiger partial charge in [-0.25, -0.2) is 0 Å². The van der Waals surface area contributed by atoms with Crippen molar-refractivity contribution in [1.29, 1.82) is 0 Å². The van der Waals surface area contributed by atoms with Crippen LogP contribution in [0.4, 0.5) is 13.2 Å². The quantitative estimate of drug-likeness (QED) is 0.784. The maximum absolute atomic E-state index is 12.4. The number of Topliss-reactive ketones (excluding diaryl/α,β-unsaturated/α-hetero) is 1. The number of alkyl halides is 3. The van der Waals surface area contributed by atoms with Gasteiger partial charge in [-0.2, -0.15) is 13.2 Å². The van der Waals surface area contributed by atoms with Crippen LogP contribution < -0.4 is 0 Å². The Bertz CT molecular complexity index is 542. The van der Waals surface area contributed by atoms with Crippen LogP contribution in [0.1, 0.15) is 23.2 Å². The highest BCUT2D eigenvalue weighted by Gasteiger charge is 2.44. The van der Waals surface area contributed by atoms with E-state index in [1.807, 2.05) is 0 Å². The number of rotatable bonds is 2. The first-order valence-corrected chi connectivity index (χ1v) is 6.82. The Morgan fingerprint density at radius 1 is 1.19 bits per heavy atom. The standard InChI is InChI=1S/C14H13ClF3NO2/c15-11-5-3-9(4-6-11)12(20)10-2-1-7-19(8-10)13(21)14(16,17)18/h3-6,10H,1-2,7-8H2. The first kappa shape index (κ1) is 15.8. The van der Waals surface area contributed by atoms with Crippen molar-refractivity contribution >= 4 is 23.3 Å². The third-order valence-electron chi connectivity index (χ3n) is 3.45. The van der Waals surface area contributed by atoms with Crippen LogP contribution in [0, 0.1) is 5.92 Å². The normalized spacial score (nSPS) is 19.4. The molecule has 1 aliphatic heterocycles. The summed E-state index contributed by atoms with van der Waals surface area (Å²) in [6, 6.07) is 6.18. The Kier molecular flexibility index (Phi) is 4.56. The largest absolute Gasteiger partial charge is 0.471 e. The fraction of sp³-hybridized carbons (Fsp3) is 0.429. The van der Waals surface area contributed by atoms with E-state index in [0.717, 1.165) is 0 Å². The lowest BCUT2D eigenvalue weighted by Gasteiger charge is -2.32. The number of amides is 1. The minimum Gasteiger partial charge on any atom is -0.334 e. The van der Waals surface area contributed by atoms with Gasteiger partial charge in [-0.05, 0) is 37.1 Å². The van der Waals surface area contributed by atoms with E-state index in [1.54, 1.807) is 12.1 Å². The molecule has 1 aliphatic rings. The minimum atomic E-state index is -4.90. The number of carbonyl (C=O) groups is 2. The third-order valence-corrected chi connectivity index (χ3v) is 3.70. The summed E-state index contributed by atoms with van der Waals surface area (Å²) in [6.07, 6.45) is -4.04. The molecule has 7 heteroatoms. The van der Waals surface area contributed by atoms with Crippen molar-refractivity contribution in [3.05, 3.63) is 34.9 Å². The molecular formula is C14H13ClF3NO2. The molecule has 0 N–H and O–H groups in total. The highest BCUT2D eigenvalue weighted by Crippen LogP contribution is 2.26. The Morgan fingerprint density at radius 2 is 1.81 bits per heavy atom. The minimum absolute atomic E-state index is 0.0305. The van der Waals surface area contributed by atoms with Crippen LogP contribution in [0.5, 0.6) is 0 Å². The van der Waals surface area contributed by atoms with Gasteiger partial charge in [0.1, 0.15) is 0 Å². The van der Waals surface area contributed by atoms with Gasteiger partial charge < -0.3 is 4.90 Å². The van der Waals surface area contributed by atoms with Gasteiger partial charge in [-0.15, -0.1) is 0 Å². The molecule has 1 fully saturated rings. The zero-order valence-electron chi connectivity index (χ0n) is 11.0. The average molecular weight is 320 g/mol. The molecule has 0 spiro atoms. The molecule has 2 rings (SSSR count). The summed E-state index contributed by atoms with van der Waals surface area (Å²) in [4.78, 5) is 24.2. The second-order valence-corrected chi connectivity index (χ2v) is 5.40. The van der Waals surface area contributed by atoms with Gasteiger partial charge in [0.15, 0.2) is 5.78 Å². The summed E-state index contributed by atoms with van der Waals surface area (Å²) >= 11 is 5.73. The molecule has 0 aromatic heterocycles. The zero-order chi connectivity index (χ0) is 15.6. The number of nitrogens with zero attached hydrogens (tertiary/aromatic N) is 1. The highest BCUT2D eigenvalue weighted by molar-refractivity contribution is 6.30. The molecule has 1 amide bonds. The van der Waals surface area contributed by atoms with E-state index >= 15 is 0 Å². The summed E-state index contributed by atoms with van der Waals surface area (Å²) < 4.78 is 37.3. The summed E-state index contributed by atoms with van der Waals surface area (Å²) in [7, 11) is 0. The Morgan fingerprint density at radius 3 is 2.38 bits per heavy atom. The van der Waals surface area contributed by atoms with Gasteiger partial charge in [0.25, 0.3) is 0 Å². The number of carbonyl (C=O) groups excluding carboxylic acids is 2. The van der Waals surface area contributed by atoms with Crippen LogP contribution in [-0.2, 0) is 4.79 Å². The molecule has 0 bridgehead atoms. The molecule has 114 valence electrons. The van der Waals surface area contributed by atoms with Gasteiger partial charge in [-0.1, -0.05) is 11.6 Å². The number of halogens is 4. The molecule has 1 atom stereocenters. The van der Waals surface area contributed by atoms with Crippen molar-refractivity contribution in [1.82, 2.24) is 4.90 Å². The van der Waals surface area contributed by atoms with Crippen molar-refractivity contribution in [2.45, 2.75) is 19.0 Å². The fourth-order valence-electron chi connectivity index (χ4n) is 2.40. The van der Waals surface area contributed by atoms with E-state index in [2.05, 4.69) is 0 Å². The second kappa shape index (κ2) is 6.05. The molecule has 0 saturated carbocycles. The molecule has 0 aliphatic carbocycles. The molecule has 1 aromatic carbocycles. The summed E-state index contributed by atoms with van der Waals surface area (Å²) in [5.74, 6) is -2.74. The van der Waals surface area contributed by atoms with Crippen LogP contribution in [-0.4, -0.2) is 35.9 Å². The lowest BCUT2D eigenvalue weighted by Crippen LogP contribution is -2.47. The van der Waals surface area contributed by atoms with Crippen LogP contribution in [0.15, 0.2) is 24.3 Å². The Labute approximate surface area is 124 Å². The van der Waals surface area contributed by atoms with Crippen LogP contribution >= 0.6 is 11.6 Å². The van der Waals surface area contributed by atoms with E-state index in [-0.39, 0.29) is 18.9 Å². The van der Waals surface area contributed by atoms with Gasteiger partial charge in [0.2, 0.25) is 0 Å². The predicted molar refractivity (Wildman–Crippen MR) is 71.1 cm³/mol. The van der Waals surface area contributed by atoms with Gasteiger partial charge in [0, 0.05) is 29.6 Å². The maximum Gasteiger partial charge on any atom is 0.471 e. The van der Waals surface area contributed by atoms with Crippen molar-refractivity contribution in [2.24, 2.45) is 5.92 Å². The summed E-state index contributed by atoms with van der Waals surface area (Å²) in [6.45, 7) is -0.164. The maximum atomic E-state index is 12.4. The third kappa shape index (κ3) is 3.75. The van der Waals surface area contributed by atoms with Crippen molar-refractivity contribution in [3.8, 4) is 0 Å². The van der Waals surface area contributed by atoms with Crippen molar-refractivity contribution < 1.29 is 22.8 Å². The van der Waals surface area contributed by atoms with Gasteiger partial charge >= 0.3 is 12.1 Å².